The predicted molar refractivity (Wildman–Crippen MR) is 169 cm³/mol. The van der Waals surface area contributed by atoms with E-state index in [4.69, 9.17) is 4.98 Å². The lowest BCUT2D eigenvalue weighted by atomic mass is 9.95. The number of amides is 4. The highest BCUT2D eigenvalue weighted by molar-refractivity contribution is 7.18. The van der Waals surface area contributed by atoms with Gasteiger partial charge in [0.05, 0.1) is 44.0 Å². The van der Waals surface area contributed by atoms with Crippen molar-refractivity contribution < 1.29 is 32.7 Å². The molecule has 2 aliphatic heterocycles. The quantitative estimate of drug-likeness (QED) is 0.238. The molecule has 3 N–H and O–H groups in total. The number of hydrogen-bond donors (Lipinski definition) is 3. The molecule has 1 aromatic carbocycles. The molecular weight excluding hydrogens is 635 g/mol. The van der Waals surface area contributed by atoms with E-state index in [2.05, 4.69) is 25.5 Å². The SMILES string of the molecule is CC(C)(O)c1cc2nc(C3CCN(Cc4ccc(N5CCC(=O)NC5=O)cn4)CC3)sc2cc1NC(=O)c1ccc(C(F)(F)F)nc1. The van der Waals surface area contributed by atoms with E-state index in [0.717, 1.165) is 59.7 Å². The van der Waals surface area contributed by atoms with Gasteiger partial charge in [0.2, 0.25) is 5.91 Å². The lowest BCUT2D eigenvalue weighted by Gasteiger charge is -2.31. The second-order valence-corrected chi connectivity index (χ2v) is 13.2. The number of aromatic nitrogens is 3. The van der Waals surface area contributed by atoms with Gasteiger partial charge in [0.25, 0.3) is 5.91 Å². The van der Waals surface area contributed by atoms with E-state index < -0.39 is 29.4 Å². The Kier molecular flexibility index (Phi) is 8.72. The molecule has 5 heterocycles. The maximum Gasteiger partial charge on any atom is 0.433 e. The number of imide groups is 1. The smallest absolute Gasteiger partial charge is 0.386 e. The van der Waals surface area contributed by atoms with Crippen molar-refractivity contribution in [2.24, 2.45) is 0 Å². The van der Waals surface area contributed by atoms with Gasteiger partial charge in [-0.3, -0.25) is 34.7 Å². The number of nitrogens with zero attached hydrogens (tertiary/aromatic N) is 5. The zero-order valence-electron chi connectivity index (χ0n) is 25.6. The zero-order chi connectivity index (χ0) is 33.5. The Balaban J connectivity index is 1.11. The second kappa shape index (κ2) is 12.6. The average Bonchev–Trinajstić information content (AvgIpc) is 3.44. The summed E-state index contributed by atoms with van der Waals surface area (Å²) in [7, 11) is 0. The summed E-state index contributed by atoms with van der Waals surface area (Å²) in [6, 6.07) is 8.59. The number of anilines is 2. The molecular formula is C32H32F3N7O4S. The van der Waals surface area contributed by atoms with Crippen LogP contribution in [0.5, 0.6) is 0 Å². The van der Waals surface area contributed by atoms with Crippen LogP contribution in [0.1, 0.15) is 71.3 Å². The molecule has 47 heavy (non-hydrogen) atoms. The number of fused-ring (bicyclic) bond motifs is 1. The maximum atomic E-state index is 13.0. The number of halogens is 3. The molecule has 0 bridgehead atoms. The molecule has 0 saturated carbocycles. The Morgan fingerprint density at radius 1 is 1.06 bits per heavy atom. The van der Waals surface area contributed by atoms with Gasteiger partial charge < -0.3 is 10.4 Å². The highest BCUT2D eigenvalue weighted by atomic mass is 32.1. The number of aliphatic hydroxyl groups is 1. The number of likely N-dealkylation sites (tertiary alicyclic amines) is 1. The fourth-order valence-electron chi connectivity index (χ4n) is 5.71. The van der Waals surface area contributed by atoms with Crippen LogP contribution in [-0.4, -0.2) is 62.4 Å². The van der Waals surface area contributed by atoms with Crippen LogP contribution in [-0.2, 0) is 23.1 Å². The van der Waals surface area contributed by atoms with E-state index in [1.807, 2.05) is 12.1 Å². The summed E-state index contributed by atoms with van der Waals surface area (Å²) in [6.07, 6.45) is -0.0810. The van der Waals surface area contributed by atoms with Gasteiger partial charge in [-0.05, 0) is 76.2 Å². The highest BCUT2D eigenvalue weighted by Crippen LogP contribution is 2.39. The normalized spacial score (nSPS) is 16.9. The number of rotatable bonds is 7. The van der Waals surface area contributed by atoms with Gasteiger partial charge in [-0.2, -0.15) is 13.2 Å². The van der Waals surface area contributed by atoms with Gasteiger partial charge in [0.1, 0.15) is 5.69 Å². The lowest BCUT2D eigenvalue weighted by molar-refractivity contribution is -0.141. The molecule has 0 aliphatic carbocycles. The number of alkyl halides is 3. The van der Waals surface area contributed by atoms with Crippen LogP contribution >= 0.6 is 11.3 Å². The molecule has 0 radical (unpaired) electrons. The molecule has 4 aromatic rings. The standard InChI is InChI=1S/C32H32F3N7O4S/c1-31(2,46)22-13-24-25(14-23(22)38-28(44)19-3-6-26(37-15-19)32(33,34)35)47-29(39-24)18-7-10-41(11-8-18)17-20-4-5-21(16-36-20)42-12-9-27(43)40-30(42)45/h3-6,13-16,18,46H,7-12,17H2,1-2H3,(H,38,44)(H,40,43,45). The van der Waals surface area contributed by atoms with Crippen molar-refractivity contribution in [3.8, 4) is 0 Å². The lowest BCUT2D eigenvalue weighted by Crippen LogP contribution is -2.49. The first-order valence-corrected chi connectivity index (χ1v) is 15.9. The first-order valence-electron chi connectivity index (χ1n) is 15.0. The van der Waals surface area contributed by atoms with Crippen molar-refractivity contribution in [3.05, 3.63) is 76.3 Å². The summed E-state index contributed by atoms with van der Waals surface area (Å²) in [6.45, 7) is 5.81. The first-order chi connectivity index (χ1) is 22.2. The Morgan fingerprint density at radius 2 is 1.83 bits per heavy atom. The van der Waals surface area contributed by atoms with Gasteiger partial charge in [-0.25, -0.2) is 9.78 Å². The van der Waals surface area contributed by atoms with Crippen LogP contribution in [0.25, 0.3) is 10.2 Å². The van der Waals surface area contributed by atoms with E-state index in [0.29, 0.717) is 35.5 Å². The minimum Gasteiger partial charge on any atom is -0.386 e. The number of hydrogen-bond acceptors (Lipinski definition) is 9. The molecule has 2 fully saturated rings. The number of pyridine rings is 2. The fourth-order valence-corrected chi connectivity index (χ4v) is 6.87. The first kappa shape index (κ1) is 32.5. The number of benzene rings is 1. The molecule has 15 heteroatoms. The molecule has 2 aliphatic rings. The van der Waals surface area contributed by atoms with Gasteiger partial charge in [0, 0.05) is 42.9 Å². The monoisotopic (exact) mass is 667 g/mol. The predicted octanol–water partition coefficient (Wildman–Crippen LogP) is 5.41. The maximum absolute atomic E-state index is 13.0. The number of piperidine rings is 1. The van der Waals surface area contributed by atoms with Gasteiger partial charge in [-0.15, -0.1) is 11.3 Å². The van der Waals surface area contributed by atoms with Crippen LogP contribution in [0, 0.1) is 0 Å². The van der Waals surface area contributed by atoms with E-state index in [1.165, 1.54) is 16.2 Å². The third-order valence-corrected chi connectivity index (χ3v) is 9.45. The number of carbonyl (C=O) groups is 3. The largest absolute Gasteiger partial charge is 0.433 e. The van der Waals surface area contributed by atoms with E-state index >= 15 is 0 Å². The van der Waals surface area contributed by atoms with Crippen molar-refractivity contribution in [1.82, 2.24) is 25.2 Å². The summed E-state index contributed by atoms with van der Waals surface area (Å²) in [5.74, 6) is -0.707. The van der Waals surface area contributed by atoms with Gasteiger partial charge >= 0.3 is 12.2 Å². The van der Waals surface area contributed by atoms with Crippen LogP contribution in [0.2, 0.25) is 0 Å². The molecule has 6 rings (SSSR count). The molecule has 11 nitrogen and oxygen atoms in total. The van der Waals surface area contributed by atoms with E-state index in [1.54, 1.807) is 32.2 Å². The molecule has 0 unspecified atom stereocenters. The third kappa shape index (κ3) is 7.26. The highest BCUT2D eigenvalue weighted by Gasteiger charge is 2.33. The van der Waals surface area contributed by atoms with Crippen molar-refractivity contribution in [1.29, 1.82) is 0 Å². The molecule has 246 valence electrons. The summed E-state index contributed by atoms with van der Waals surface area (Å²) in [5, 5.41) is 16.9. The van der Waals surface area contributed by atoms with Crippen LogP contribution < -0.4 is 15.5 Å². The Labute approximate surface area is 271 Å². The van der Waals surface area contributed by atoms with Crippen molar-refractivity contribution in [2.45, 2.75) is 57.3 Å². The molecule has 3 aromatic heterocycles. The Hall–Kier alpha value is -4.47. The molecule has 0 spiro atoms. The zero-order valence-corrected chi connectivity index (χ0v) is 26.4. The fraction of sp³-hybridized carbons (Fsp3) is 0.375. The minimum atomic E-state index is -4.61. The summed E-state index contributed by atoms with van der Waals surface area (Å²) in [4.78, 5) is 53.1. The van der Waals surface area contributed by atoms with Crippen LogP contribution in [0.4, 0.5) is 29.3 Å². The number of thiazole rings is 1. The second-order valence-electron chi connectivity index (χ2n) is 12.2. The Morgan fingerprint density at radius 3 is 2.45 bits per heavy atom. The molecule has 4 amide bonds. The minimum absolute atomic E-state index is 0.0465. The number of carbonyl (C=O) groups excluding carboxylic acids is 3. The van der Waals surface area contributed by atoms with Crippen molar-refractivity contribution in [3.63, 3.8) is 0 Å². The van der Waals surface area contributed by atoms with Crippen molar-refractivity contribution in [2.75, 3.05) is 29.9 Å². The molecule has 2 saturated heterocycles. The molecule has 0 atom stereocenters. The Bertz CT molecular complexity index is 1810. The summed E-state index contributed by atoms with van der Waals surface area (Å²) in [5.41, 5.74) is 0.499. The summed E-state index contributed by atoms with van der Waals surface area (Å²) < 4.78 is 39.5. The van der Waals surface area contributed by atoms with Gasteiger partial charge in [0.15, 0.2) is 0 Å². The van der Waals surface area contributed by atoms with Gasteiger partial charge in [-0.1, -0.05) is 0 Å². The number of nitrogens with one attached hydrogen (secondary N) is 2. The van der Waals surface area contributed by atoms with E-state index in [9.17, 15) is 32.7 Å². The van der Waals surface area contributed by atoms with Crippen molar-refractivity contribution >= 4 is 50.8 Å². The third-order valence-electron chi connectivity index (χ3n) is 8.26. The average molecular weight is 668 g/mol. The topological polar surface area (TPSA) is 141 Å². The van der Waals surface area contributed by atoms with Crippen LogP contribution in [0.3, 0.4) is 0 Å². The van der Waals surface area contributed by atoms with E-state index in [-0.39, 0.29) is 23.8 Å². The van der Waals surface area contributed by atoms with Crippen LogP contribution in [0.15, 0.2) is 48.8 Å². The number of urea groups is 1. The summed E-state index contributed by atoms with van der Waals surface area (Å²) >= 11 is 1.51.